The van der Waals surface area contributed by atoms with E-state index in [4.69, 9.17) is 9.47 Å². The Balaban J connectivity index is 1.61. The third kappa shape index (κ3) is 4.66. The van der Waals surface area contributed by atoms with Crippen molar-refractivity contribution in [2.45, 2.75) is 25.8 Å². The van der Waals surface area contributed by atoms with Gasteiger partial charge in [-0.1, -0.05) is 24.3 Å². The van der Waals surface area contributed by atoms with Gasteiger partial charge in [0.1, 0.15) is 31.3 Å². The largest absolute Gasteiger partial charge is 0.486 e. The topological polar surface area (TPSA) is 90.7 Å². The number of sulfone groups is 1. The number of ether oxygens (including phenoxy) is 2. The minimum atomic E-state index is -3.31. The molecule has 164 valence electrons. The van der Waals surface area contributed by atoms with Crippen molar-refractivity contribution in [3.8, 4) is 11.5 Å². The third-order valence-corrected chi connectivity index (χ3v) is 5.94. The van der Waals surface area contributed by atoms with Gasteiger partial charge in [-0.25, -0.2) is 13.4 Å². The fraction of sp³-hybridized carbons (Fsp3) is 0.364. The number of hydrogen-bond acceptors (Lipinski definition) is 6. The highest BCUT2D eigenvalue weighted by atomic mass is 32.2. The van der Waals surface area contributed by atoms with Gasteiger partial charge in [0.05, 0.1) is 11.0 Å². The molecule has 2 aromatic carbocycles. The maximum absolute atomic E-state index is 13.2. The Morgan fingerprint density at radius 1 is 1.13 bits per heavy atom. The second kappa shape index (κ2) is 8.58. The van der Waals surface area contributed by atoms with Crippen LogP contribution in [-0.4, -0.2) is 54.8 Å². The van der Waals surface area contributed by atoms with E-state index in [1.807, 2.05) is 49.4 Å². The lowest BCUT2D eigenvalue weighted by Crippen LogP contribution is -2.34. The minimum Gasteiger partial charge on any atom is -0.486 e. The Labute approximate surface area is 181 Å². The van der Waals surface area contributed by atoms with Crippen LogP contribution in [0, 0.1) is 0 Å². The van der Waals surface area contributed by atoms with Crippen LogP contribution in [-0.2, 0) is 33.5 Å². The average molecular weight is 444 g/mol. The number of fused-ring (bicyclic) bond motifs is 2. The number of likely N-dealkylation sites (N-methyl/N-ethyl adjacent to an activating group) is 1. The zero-order chi connectivity index (χ0) is 22.0. The van der Waals surface area contributed by atoms with Crippen molar-refractivity contribution in [1.82, 2.24) is 14.5 Å². The van der Waals surface area contributed by atoms with E-state index in [-0.39, 0.29) is 18.2 Å². The fourth-order valence-electron chi connectivity index (χ4n) is 3.72. The summed E-state index contributed by atoms with van der Waals surface area (Å²) in [5.41, 5.74) is 2.28. The molecule has 1 aromatic heterocycles. The van der Waals surface area contributed by atoms with Crippen LogP contribution in [0.15, 0.2) is 42.5 Å². The first-order chi connectivity index (χ1) is 14.9. The van der Waals surface area contributed by atoms with E-state index < -0.39 is 9.84 Å². The van der Waals surface area contributed by atoms with E-state index in [9.17, 15) is 13.2 Å². The minimum absolute atomic E-state index is 0.00554. The number of imidazole rings is 1. The Hall–Kier alpha value is -3.07. The van der Waals surface area contributed by atoms with Crippen molar-refractivity contribution >= 4 is 26.8 Å². The highest BCUT2D eigenvalue weighted by molar-refractivity contribution is 7.89. The van der Waals surface area contributed by atoms with Crippen LogP contribution in [0.3, 0.4) is 0 Å². The molecule has 3 aromatic rings. The summed E-state index contributed by atoms with van der Waals surface area (Å²) >= 11 is 0. The van der Waals surface area contributed by atoms with Gasteiger partial charge >= 0.3 is 0 Å². The third-order valence-electron chi connectivity index (χ3n) is 5.16. The highest BCUT2D eigenvalue weighted by Gasteiger charge is 2.22. The molecule has 1 aliphatic heterocycles. The normalized spacial score (nSPS) is 13.4. The first-order valence-electron chi connectivity index (χ1n) is 10.1. The molecule has 9 heteroatoms. The summed E-state index contributed by atoms with van der Waals surface area (Å²) in [5, 5.41) is 0. The summed E-state index contributed by atoms with van der Waals surface area (Å²) in [7, 11) is -3.31. The molecule has 0 fully saturated rings. The summed E-state index contributed by atoms with van der Waals surface area (Å²) in [5.74, 6) is 1.36. The van der Waals surface area contributed by atoms with Gasteiger partial charge in [0.2, 0.25) is 5.91 Å². The standard InChI is InChI=1S/C22H25N3O5S/c1-3-24(13-16-7-6-10-19-22(16)30-12-11-29-19)21(26)14-25-18-9-5-4-8-17(18)23-20(25)15-31(2,27)28/h4-10H,3,11-15H2,1-2H3. The second-order valence-electron chi connectivity index (χ2n) is 7.52. The van der Waals surface area contributed by atoms with Gasteiger partial charge in [-0.15, -0.1) is 0 Å². The van der Waals surface area contributed by atoms with Crippen LogP contribution in [0.2, 0.25) is 0 Å². The summed E-state index contributed by atoms with van der Waals surface area (Å²) < 4.78 is 36.9. The zero-order valence-electron chi connectivity index (χ0n) is 17.6. The van der Waals surface area contributed by atoms with Crippen LogP contribution in [0.25, 0.3) is 11.0 Å². The molecular formula is C22H25N3O5S. The van der Waals surface area contributed by atoms with E-state index in [0.717, 1.165) is 17.3 Å². The van der Waals surface area contributed by atoms with Gasteiger partial charge in [0.25, 0.3) is 0 Å². The summed E-state index contributed by atoms with van der Waals surface area (Å²) in [4.78, 5) is 19.4. The van der Waals surface area contributed by atoms with Crippen molar-refractivity contribution in [1.29, 1.82) is 0 Å². The molecule has 0 bridgehead atoms. The van der Waals surface area contributed by atoms with Gasteiger partial charge in [0, 0.05) is 24.9 Å². The summed E-state index contributed by atoms with van der Waals surface area (Å²) in [6.07, 6.45) is 1.16. The number of benzene rings is 2. The first-order valence-corrected chi connectivity index (χ1v) is 12.2. The van der Waals surface area contributed by atoms with Gasteiger partial charge in [0.15, 0.2) is 21.3 Å². The smallest absolute Gasteiger partial charge is 0.242 e. The highest BCUT2D eigenvalue weighted by Crippen LogP contribution is 2.34. The number of rotatable bonds is 7. The quantitative estimate of drug-likeness (QED) is 0.557. The Morgan fingerprint density at radius 3 is 2.68 bits per heavy atom. The molecule has 1 aliphatic rings. The molecule has 0 N–H and O–H groups in total. The predicted molar refractivity (Wildman–Crippen MR) is 117 cm³/mol. The molecule has 0 unspecified atom stereocenters. The monoisotopic (exact) mass is 443 g/mol. The molecule has 31 heavy (non-hydrogen) atoms. The van der Waals surface area contributed by atoms with Crippen molar-refractivity contribution in [2.24, 2.45) is 0 Å². The van der Waals surface area contributed by atoms with Crippen LogP contribution >= 0.6 is 0 Å². The second-order valence-corrected chi connectivity index (χ2v) is 9.66. The van der Waals surface area contributed by atoms with Crippen LogP contribution < -0.4 is 9.47 Å². The van der Waals surface area contributed by atoms with Crippen molar-refractivity contribution in [2.75, 3.05) is 26.0 Å². The molecule has 1 amide bonds. The van der Waals surface area contributed by atoms with Gasteiger partial charge in [-0.2, -0.15) is 0 Å². The lowest BCUT2D eigenvalue weighted by atomic mass is 10.1. The van der Waals surface area contributed by atoms with E-state index in [1.165, 1.54) is 0 Å². The molecule has 0 spiro atoms. The van der Waals surface area contributed by atoms with E-state index in [2.05, 4.69) is 4.98 Å². The molecule has 4 rings (SSSR count). The van der Waals surface area contributed by atoms with E-state index in [0.29, 0.717) is 49.1 Å². The molecule has 0 saturated carbocycles. The van der Waals surface area contributed by atoms with Crippen LogP contribution in [0.1, 0.15) is 18.3 Å². The maximum atomic E-state index is 13.2. The van der Waals surface area contributed by atoms with Crippen LogP contribution in [0.5, 0.6) is 11.5 Å². The van der Waals surface area contributed by atoms with Crippen LogP contribution in [0.4, 0.5) is 0 Å². The first kappa shape index (κ1) is 21.2. The summed E-state index contributed by atoms with van der Waals surface area (Å²) in [6.45, 7) is 3.76. The van der Waals surface area contributed by atoms with Gasteiger partial charge < -0.3 is 18.9 Å². The van der Waals surface area contributed by atoms with E-state index in [1.54, 1.807) is 9.47 Å². The number of hydrogen-bond donors (Lipinski definition) is 0. The van der Waals surface area contributed by atoms with Gasteiger partial charge in [-0.05, 0) is 25.1 Å². The van der Waals surface area contributed by atoms with Crippen molar-refractivity contribution in [3.05, 3.63) is 53.9 Å². The lowest BCUT2D eigenvalue weighted by molar-refractivity contribution is -0.132. The van der Waals surface area contributed by atoms with Crippen molar-refractivity contribution < 1.29 is 22.7 Å². The number of nitrogens with zero attached hydrogens (tertiary/aromatic N) is 3. The maximum Gasteiger partial charge on any atom is 0.242 e. The predicted octanol–water partition coefficient (Wildman–Crippen LogP) is 2.40. The Bertz CT molecular complexity index is 1220. The number of carbonyl (C=O) groups is 1. The summed E-state index contributed by atoms with van der Waals surface area (Å²) in [6, 6.07) is 13.0. The molecule has 0 radical (unpaired) electrons. The molecule has 8 nitrogen and oxygen atoms in total. The SMILES string of the molecule is CCN(Cc1cccc2c1OCCO2)C(=O)Cn1c(CS(C)(=O)=O)nc2ccccc21. The van der Waals surface area contributed by atoms with Gasteiger partial charge in [-0.3, -0.25) is 4.79 Å². The fourth-order valence-corrected chi connectivity index (χ4v) is 4.41. The molecule has 2 heterocycles. The van der Waals surface area contributed by atoms with Crippen molar-refractivity contribution in [3.63, 3.8) is 0 Å². The Morgan fingerprint density at radius 2 is 1.90 bits per heavy atom. The number of amides is 1. The number of para-hydroxylation sites is 3. The van der Waals surface area contributed by atoms with E-state index >= 15 is 0 Å². The Kier molecular flexibility index (Phi) is 5.86. The molecule has 0 saturated heterocycles. The lowest BCUT2D eigenvalue weighted by Gasteiger charge is -2.26. The molecular weight excluding hydrogens is 418 g/mol. The number of carbonyl (C=O) groups excluding carboxylic acids is 1. The molecule has 0 aliphatic carbocycles. The molecule has 0 atom stereocenters. The average Bonchev–Trinajstić information content (AvgIpc) is 3.07. The number of aromatic nitrogens is 2. The zero-order valence-corrected chi connectivity index (χ0v) is 18.4.